The summed E-state index contributed by atoms with van der Waals surface area (Å²) in [5, 5.41) is 3.41. The van der Waals surface area contributed by atoms with Crippen LogP contribution >= 0.6 is 75.1 Å². The van der Waals surface area contributed by atoms with Gasteiger partial charge in [-0.2, -0.15) is 0 Å². The second-order valence-electron chi connectivity index (χ2n) is 3.28. The Balaban J connectivity index is 2.12. The lowest BCUT2D eigenvalue weighted by atomic mass is 10.3. The van der Waals surface area contributed by atoms with Crippen LogP contribution in [-0.4, -0.2) is 0 Å². The fourth-order valence-corrected chi connectivity index (χ4v) is 4.72. The third-order valence-electron chi connectivity index (χ3n) is 2.10. The lowest BCUT2D eigenvalue weighted by molar-refractivity contribution is 1.18. The number of hydrogen-bond acceptors (Lipinski definition) is 2. The number of nitrogens with one attached hydrogen (secondary N) is 1. The summed E-state index contributed by atoms with van der Waals surface area (Å²) in [6, 6.07) is 8.16. The van der Waals surface area contributed by atoms with E-state index in [9.17, 15) is 0 Å². The van der Waals surface area contributed by atoms with Crippen molar-refractivity contribution in [2.75, 3.05) is 5.32 Å². The van der Waals surface area contributed by atoms with Crippen molar-refractivity contribution in [1.82, 2.24) is 0 Å². The molecule has 1 aromatic heterocycles. The Labute approximate surface area is 138 Å². The largest absolute Gasteiger partial charge is 0.378 e. The highest BCUT2D eigenvalue weighted by Gasteiger charge is 2.07. The van der Waals surface area contributed by atoms with E-state index in [0.29, 0.717) is 0 Å². The van der Waals surface area contributed by atoms with E-state index in [2.05, 4.69) is 75.1 Å². The van der Waals surface area contributed by atoms with Gasteiger partial charge in [-0.3, -0.25) is 0 Å². The van der Waals surface area contributed by atoms with Crippen molar-refractivity contribution in [1.29, 1.82) is 0 Å². The molecular formula is C11H7Br4NS. The molecule has 0 unspecified atom stereocenters. The first-order chi connectivity index (χ1) is 8.08. The topological polar surface area (TPSA) is 12.0 Å². The molecule has 0 amide bonds. The summed E-state index contributed by atoms with van der Waals surface area (Å²) < 4.78 is 4.34. The second-order valence-corrected chi connectivity index (χ2v) is 8.30. The molecule has 0 radical (unpaired) electrons. The Kier molecular flexibility index (Phi) is 5.12. The minimum Gasteiger partial charge on any atom is -0.378 e. The summed E-state index contributed by atoms with van der Waals surface area (Å²) in [5.41, 5.74) is 1.08. The Morgan fingerprint density at radius 3 is 2.18 bits per heavy atom. The standard InChI is InChI=1S/C11H7Br4NS/c12-7-2-1-3-8(13)10(7)16-5-6-4-9(14)11(15)17-6/h1-4,16H,5H2. The highest BCUT2D eigenvalue weighted by atomic mass is 79.9. The molecule has 0 aliphatic heterocycles. The summed E-state index contributed by atoms with van der Waals surface area (Å²) in [7, 11) is 0. The highest BCUT2D eigenvalue weighted by Crippen LogP contribution is 2.34. The molecule has 0 saturated heterocycles. The van der Waals surface area contributed by atoms with Gasteiger partial charge in [0.2, 0.25) is 0 Å². The summed E-state index contributed by atoms with van der Waals surface area (Å²) in [4.78, 5) is 1.27. The van der Waals surface area contributed by atoms with Gasteiger partial charge >= 0.3 is 0 Å². The molecular weight excluding hydrogens is 498 g/mol. The molecule has 1 nitrogen and oxygen atoms in total. The molecule has 90 valence electrons. The SMILES string of the molecule is Brc1cc(CNc2c(Br)cccc2Br)sc1Br. The molecule has 0 aliphatic carbocycles. The molecule has 2 aromatic rings. The molecule has 1 N–H and O–H groups in total. The molecule has 2 rings (SSSR count). The van der Waals surface area contributed by atoms with Crippen LogP contribution in [0.1, 0.15) is 4.88 Å². The van der Waals surface area contributed by atoms with Crippen LogP contribution in [0.5, 0.6) is 0 Å². The smallest absolute Gasteiger partial charge is 0.0843 e. The van der Waals surface area contributed by atoms with Gasteiger partial charge < -0.3 is 5.32 Å². The third kappa shape index (κ3) is 3.56. The second kappa shape index (κ2) is 6.19. The normalized spacial score (nSPS) is 10.6. The minimum absolute atomic E-state index is 0.802. The van der Waals surface area contributed by atoms with Crippen LogP contribution in [0.15, 0.2) is 41.5 Å². The van der Waals surface area contributed by atoms with E-state index < -0.39 is 0 Å². The highest BCUT2D eigenvalue weighted by molar-refractivity contribution is 9.13. The van der Waals surface area contributed by atoms with Crippen LogP contribution < -0.4 is 5.32 Å². The zero-order valence-corrected chi connectivity index (χ0v) is 15.6. The predicted molar refractivity (Wildman–Crippen MR) is 88.9 cm³/mol. The van der Waals surface area contributed by atoms with Crippen LogP contribution in [-0.2, 0) is 6.54 Å². The summed E-state index contributed by atoms with van der Waals surface area (Å²) in [6.45, 7) is 0.802. The first-order valence-electron chi connectivity index (χ1n) is 4.69. The van der Waals surface area contributed by atoms with Gasteiger partial charge in [0.05, 0.1) is 9.47 Å². The minimum atomic E-state index is 0.802. The van der Waals surface area contributed by atoms with Crippen molar-refractivity contribution < 1.29 is 0 Å². The number of thiophene rings is 1. The molecule has 0 saturated carbocycles. The van der Waals surface area contributed by atoms with Crippen LogP contribution in [0.25, 0.3) is 0 Å². The van der Waals surface area contributed by atoms with E-state index in [0.717, 1.165) is 29.4 Å². The lowest BCUT2D eigenvalue weighted by Gasteiger charge is -2.09. The number of para-hydroxylation sites is 1. The predicted octanol–water partition coefficient (Wildman–Crippen LogP) is 6.41. The summed E-state index contributed by atoms with van der Waals surface area (Å²) in [5.74, 6) is 0. The van der Waals surface area contributed by atoms with Gasteiger partial charge in [-0.25, -0.2) is 0 Å². The van der Waals surface area contributed by atoms with Crippen LogP contribution in [0, 0.1) is 0 Å². The maximum absolute atomic E-state index is 3.53. The number of hydrogen-bond donors (Lipinski definition) is 1. The first-order valence-corrected chi connectivity index (χ1v) is 8.68. The zero-order chi connectivity index (χ0) is 12.4. The zero-order valence-electron chi connectivity index (χ0n) is 8.44. The molecule has 6 heteroatoms. The summed E-state index contributed by atoms with van der Waals surface area (Å²) >= 11 is 15.8. The van der Waals surface area contributed by atoms with E-state index >= 15 is 0 Å². The van der Waals surface area contributed by atoms with Crippen LogP contribution in [0.3, 0.4) is 0 Å². The van der Waals surface area contributed by atoms with E-state index in [1.807, 2.05) is 18.2 Å². The van der Waals surface area contributed by atoms with Crippen molar-refractivity contribution in [3.8, 4) is 0 Å². The van der Waals surface area contributed by atoms with Gasteiger partial charge in [-0.1, -0.05) is 6.07 Å². The molecule has 0 atom stereocenters. The number of rotatable bonds is 3. The monoisotopic (exact) mass is 501 g/mol. The van der Waals surface area contributed by atoms with Gasteiger partial charge in [-0.15, -0.1) is 11.3 Å². The fraction of sp³-hybridized carbons (Fsp3) is 0.0909. The number of benzene rings is 1. The average molecular weight is 505 g/mol. The van der Waals surface area contributed by atoms with Crippen LogP contribution in [0.2, 0.25) is 0 Å². The molecule has 0 fully saturated rings. The van der Waals surface area contributed by atoms with Gasteiger partial charge in [0.25, 0.3) is 0 Å². The molecule has 17 heavy (non-hydrogen) atoms. The molecule has 0 spiro atoms. The van der Waals surface area contributed by atoms with Crippen molar-refractivity contribution in [2.24, 2.45) is 0 Å². The van der Waals surface area contributed by atoms with E-state index in [1.165, 1.54) is 4.88 Å². The van der Waals surface area contributed by atoms with E-state index in [1.54, 1.807) is 11.3 Å². The Hall–Kier alpha value is 0.640. The van der Waals surface area contributed by atoms with Crippen LogP contribution in [0.4, 0.5) is 5.69 Å². The van der Waals surface area contributed by atoms with Gasteiger partial charge in [0, 0.05) is 24.8 Å². The number of halogens is 4. The lowest BCUT2D eigenvalue weighted by Crippen LogP contribution is -1.98. The van der Waals surface area contributed by atoms with Gasteiger partial charge in [0.1, 0.15) is 0 Å². The third-order valence-corrected chi connectivity index (χ3v) is 6.68. The van der Waals surface area contributed by atoms with Gasteiger partial charge in [0.15, 0.2) is 0 Å². The average Bonchev–Trinajstić information content (AvgIpc) is 2.58. The Morgan fingerprint density at radius 1 is 1.00 bits per heavy atom. The van der Waals surface area contributed by atoms with Crippen molar-refractivity contribution >= 4 is 80.7 Å². The Bertz CT molecular complexity index is 499. The fourth-order valence-electron chi connectivity index (χ4n) is 1.32. The van der Waals surface area contributed by atoms with Gasteiger partial charge in [-0.05, 0) is 81.9 Å². The number of anilines is 1. The van der Waals surface area contributed by atoms with Crippen molar-refractivity contribution in [3.05, 3.63) is 46.3 Å². The molecule has 0 bridgehead atoms. The van der Waals surface area contributed by atoms with Crippen molar-refractivity contribution in [3.63, 3.8) is 0 Å². The molecule has 0 aliphatic rings. The maximum Gasteiger partial charge on any atom is 0.0843 e. The van der Waals surface area contributed by atoms with E-state index in [-0.39, 0.29) is 0 Å². The first kappa shape index (κ1) is 14.1. The quantitative estimate of drug-likeness (QED) is 0.509. The van der Waals surface area contributed by atoms with E-state index in [4.69, 9.17) is 0 Å². The summed E-state index contributed by atoms with van der Waals surface area (Å²) in [6.07, 6.45) is 0. The molecule has 1 aromatic carbocycles. The molecule has 1 heterocycles. The van der Waals surface area contributed by atoms with Crippen molar-refractivity contribution in [2.45, 2.75) is 6.54 Å². The Morgan fingerprint density at radius 2 is 1.65 bits per heavy atom. The maximum atomic E-state index is 3.53.